The van der Waals surface area contributed by atoms with Crippen molar-refractivity contribution in [2.45, 2.75) is 12.5 Å². The molecule has 3 aromatic rings. The number of likely N-dealkylation sites (N-methyl/N-ethyl adjacent to an activating group) is 1. The van der Waals surface area contributed by atoms with Gasteiger partial charge in [-0.1, -0.05) is 22.0 Å². The molecular weight excluding hydrogens is 458 g/mol. The zero-order valence-corrected chi connectivity index (χ0v) is 19.1. The lowest BCUT2D eigenvalue weighted by atomic mass is 10.1. The quantitative estimate of drug-likeness (QED) is 0.589. The molecule has 0 radical (unpaired) electrons. The zero-order chi connectivity index (χ0) is 21.2. The van der Waals surface area contributed by atoms with Gasteiger partial charge in [0.1, 0.15) is 24.9 Å². The number of benzene rings is 2. The number of hydrogen-bond donors (Lipinski definition) is 1. The maximum atomic E-state index is 6.32. The molecule has 2 aromatic carbocycles. The second-order valence-corrected chi connectivity index (χ2v) is 9.07. The van der Waals surface area contributed by atoms with Crippen LogP contribution in [0.25, 0.3) is 10.9 Å². The maximum Gasteiger partial charge on any atom is 0.163 e. The lowest BCUT2D eigenvalue weighted by Gasteiger charge is -2.34. The van der Waals surface area contributed by atoms with Crippen LogP contribution in [0.5, 0.6) is 11.5 Å². The SMILES string of the molecule is CN1CCN(CCC2COc3cc4ncnc(Nc5cccc(Br)c5)c4cc3O2)CC1. The standard InChI is InChI=1S/C23H26BrN5O2/c1-28-7-9-29(10-8-28)6-5-18-14-30-21-13-20-19(12-22(21)31-18)23(26-15-25-20)27-17-4-2-3-16(24)11-17/h2-4,11-13,15,18H,5-10,14H2,1H3,(H,25,26,27). The fourth-order valence-electron chi connectivity index (χ4n) is 4.01. The van der Waals surface area contributed by atoms with Gasteiger partial charge in [0.2, 0.25) is 0 Å². The van der Waals surface area contributed by atoms with Crippen molar-refractivity contribution >= 4 is 38.3 Å². The van der Waals surface area contributed by atoms with Crippen LogP contribution in [0.1, 0.15) is 6.42 Å². The molecule has 0 aliphatic carbocycles. The lowest BCUT2D eigenvalue weighted by molar-refractivity contribution is 0.0679. The summed E-state index contributed by atoms with van der Waals surface area (Å²) >= 11 is 3.51. The van der Waals surface area contributed by atoms with Gasteiger partial charge in [0, 0.05) is 60.8 Å². The van der Waals surface area contributed by atoms with Gasteiger partial charge >= 0.3 is 0 Å². The summed E-state index contributed by atoms with van der Waals surface area (Å²) in [5, 5.41) is 4.30. The third-order valence-electron chi connectivity index (χ3n) is 5.87. The molecule has 5 rings (SSSR count). The minimum Gasteiger partial charge on any atom is -0.486 e. The molecule has 1 N–H and O–H groups in total. The Balaban J connectivity index is 1.32. The summed E-state index contributed by atoms with van der Waals surface area (Å²) in [6.07, 6.45) is 2.57. The summed E-state index contributed by atoms with van der Waals surface area (Å²) in [5.41, 5.74) is 1.78. The van der Waals surface area contributed by atoms with Crippen molar-refractivity contribution in [3.05, 3.63) is 47.2 Å². The number of halogens is 1. The van der Waals surface area contributed by atoms with Gasteiger partial charge in [0.05, 0.1) is 5.52 Å². The molecule has 3 heterocycles. The van der Waals surface area contributed by atoms with Gasteiger partial charge in [0.25, 0.3) is 0 Å². The molecule has 1 saturated heterocycles. The van der Waals surface area contributed by atoms with E-state index in [9.17, 15) is 0 Å². The van der Waals surface area contributed by atoms with Crippen molar-refractivity contribution in [1.29, 1.82) is 0 Å². The Hall–Kier alpha value is -2.42. The molecule has 0 saturated carbocycles. The van der Waals surface area contributed by atoms with Crippen LogP contribution in [0.4, 0.5) is 11.5 Å². The molecule has 31 heavy (non-hydrogen) atoms. The Morgan fingerprint density at radius 3 is 2.81 bits per heavy atom. The van der Waals surface area contributed by atoms with E-state index in [1.54, 1.807) is 6.33 Å². The first-order chi connectivity index (χ1) is 15.1. The molecule has 0 amide bonds. The minimum atomic E-state index is 0.0516. The molecule has 1 atom stereocenters. The van der Waals surface area contributed by atoms with Crippen LogP contribution in [0.2, 0.25) is 0 Å². The summed E-state index contributed by atoms with van der Waals surface area (Å²) < 4.78 is 13.4. The van der Waals surface area contributed by atoms with Crippen molar-refractivity contribution in [1.82, 2.24) is 19.8 Å². The Labute approximate surface area is 190 Å². The Morgan fingerprint density at radius 2 is 1.97 bits per heavy atom. The minimum absolute atomic E-state index is 0.0516. The van der Waals surface area contributed by atoms with Crippen molar-refractivity contribution < 1.29 is 9.47 Å². The summed E-state index contributed by atoms with van der Waals surface area (Å²) in [6, 6.07) is 11.9. The molecule has 7 nitrogen and oxygen atoms in total. The molecule has 1 fully saturated rings. The molecule has 8 heteroatoms. The van der Waals surface area contributed by atoms with E-state index in [4.69, 9.17) is 9.47 Å². The number of nitrogens with one attached hydrogen (secondary N) is 1. The second kappa shape index (κ2) is 8.98. The molecule has 0 spiro atoms. The predicted molar refractivity (Wildman–Crippen MR) is 125 cm³/mol. The summed E-state index contributed by atoms with van der Waals surface area (Å²) in [7, 11) is 2.18. The van der Waals surface area contributed by atoms with Crippen LogP contribution in [0.3, 0.4) is 0 Å². The Bertz CT molecular complexity index is 1070. The van der Waals surface area contributed by atoms with E-state index in [2.05, 4.69) is 48.1 Å². The van der Waals surface area contributed by atoms with E-state index in [0.717, 1.165) is 77.5 Å². The highest BCUT2D eigenvalue weighted by molar-refractivity contribution is 9.10. The third-order valence-corrected chi connectivity index (χ3v) is 6.36. The molecular formula is C23H26BrN5O2. The monoisotopic (exact) mass is 483 g/mol. The van der Waals surface area contributed by atoms with E-state index in [-0.39, 0.29) is 6.10 Å². The van der Waals surface area contributed by atoms with Gasteiger partial charge in [-0.3, -0.25) is 0 Å². The number of anilines is 2. The topological polar surface area (TPSA) is 62.8 Å². The molecule has 2 aliphatic heterocycles. The van der Waals surface area contributed by atoms with Gasteiger partial charge in [-0.05, 0) is 31.3 Å². The van der Waals surface area contributed by atoms with Crippen LogP contribution in [0.15, 0.2) is 47.2 Å². The van der Waals surface area contributed by atoms with Gasteiger partial charge in [-0.25, -0.2) is 9.97 Å². The maximum absolute atomic E-state index is 6.32. The van der Waals surface area contributed by atoms with Gasteiger partial charge < -0.3 is 24.6 Å². The number of aromatic nitrogens is 2. The highest BCUT2D eigenvalue weighted by Gasteiger charge is 2.24. The fourth-order valence-corrected chi connectivity index (χ4v) is 4.41. The largest absolute Gasteiger partial charge is 0.486 e. The Kier molecular flexibility index (Phi) is 5.93. The number of nitrogens with zero attached hydrogens (tertiary/aromatic N) is 4. The molecule has 162 valence electrons. The summed E-state index contributed by atoms with van der Waals surface area (Å²) in [4.78, 5) is 13.8. The zero-order valence-electron chi connectivity index (χ0n) is 17.6. The Morgan fingerprint density at radius 1 is 1.10 bits per heavy atom. The van der Waals surface area contributed by atoms with Gasteiger partial charge in [-0.2, -0.15) is 0 Å². The second-order valence-electron chi connectivity index (χ2n) is 8.16. The number of fused-ring (bicyclic) bond motifs is 2. The third kappa shape index (κ3) is 4.76. The van der Waals surface area contributed by atoms with E-state index < -0.39 is 0 Å². The normalized spacial score (nSPS) is 19.5. The van der Waals surface area contributed by atoms with E-state index in [1.165, 1.54) is 0 Å². The van der Waals surface area contributed by atoms with Crippen molar-refractivity contribution in [2.24, 2.45) is 0 Å². The smallest absolute Gasteiger partial charge is 0.163 e. The van der Waals surface area contributed by atoms with Crippen LogP contribution < -0.4 is 14.8 Å². The van der Waals surface area contributed by atoms with Gasteiger partial charge in [-0.15, -0.1) is 0 Å². The average Bonchev–Trinajstić information content (AvgIpc) is 2.78. The van der Waals surface area contributed by atoms with E-state index in [0.29, 0.717) is 6.61 Å². The van der Waals surface area contributed by atoms with Crippen LogP contribution in [-0.2, 0) is 0 Å². The fraction of sp³-hybridized carbons (Fsp3) is 0.391. The molecule has 0 bridgehead atoms. The highest BCUT2D eigenvalue weighted by Crippen LogP contribution is 2.38. The molecule has 2 aliphatic rings. The summed E-state index contributed by atoms with van der Waals surface area (Å²) in [6.45, 7) is 6.10. The first-order valence-electron chi connectivity index (χ1n) is 10.7. The van der Waals surface area contributed by atoms with E-state index >= 15 is 0 Å². The molecule has 1 unspecified atom stereocenters. The van der Waals surface area contributed by atoms with Crippen LogP contribution in [-0.4, -0.2) is 72.3 Å². The van der Waals surface area contributed by atoms with Crippen molar-refractivity contribution in [3.63, 3.8) is 0 Å². The number of rotatable bonds is 5. The number of piperazine rings is 1. The first-order valence-corrected chi connectivity index (χ1v) is 11.4. The van der Waals surface area contributed by atoms with Crippen LogP contribution in [0, 0.1) is 0 Å². The molecule has 1 aromatic heterocycles. The van der Waals surface area contributed by atoms with E-state index in [1.807, 2.05) is 36.4 Å². The van der Waals surface area contributed by atoms with Gasteiger partial charge in [0.15, 0.2) is 11.5 Å². The number of hydrogen-bond acceptors (Lipinski definition) is 7. The first kappa shape index (κ1) is 20.5. The average molecular weight is 484 g/mol. The van der Waals surface area contributed by atoms with Crippen LogP contribution >= 0.6 is 15.9 Å². The highest BCUT2D eigenvalue weighted by atomic mass is 79.9. The summed E-state index contributed by atoms with van der Waals surface area (Å²) in [5.74, 6) is 2.25. The lowest BCUT2D eigenvalue weighted by Crippen LogP contribution is -2.45. The van der Waals surface area contributed by atoms with Crippen molar-refractivity contribution in [2.75, 3.05) is 51.7 Å². The predicted octanol–water partition coefficient (Wildman–Crippen LogP) is 3.91. The van der Waals surface area contributed by atoms with Crippen molar-refractivity contribution in [3.8, 4) is 11.5 Å². The number of ether oxygens (including phenoxy) is 2.